The molecule has 3 aromatic carbocycles. The summed E-state index contributed by atoms with van der Waals surface area (Å²) in [5.74, 6) is 0.356. The number of benzene rings is 3. The molecule has 3 rings (SSSR count). The number of carbonyl (C=O) groups is 1. The molecule has 0 aliphatic heterocycles. The van der Waals surface area contributed by atoms with E-state index in [1.807, 2.05) is 91.9 Å². The van der Waals surface area contributed by atoms with Crippen LogP contribution in [-0.4, -0.2) is 18.2 Å². The number of nitrogens with zero attached hydrogens (tertiary/aromatic N) is 1. The highest BCUT2D eigenvalue weighted by molar-refractivity contribution is 5.97. The minimum Gasteiger partial charge on any atom is -0.484 e. The van der Waals surface area contributed by atoms with Crippen LogP contribution in [0.1, 0.15) is 12.5 Å². The first-order valence-corrected chi connectivity index (χ1v) is 8.38. The maximum Gasteiger partial charge on any atom is 0.277 e. The van der Waals surface area contributed by atoms with Crippen LogP contribution in [0.15, 0.2) is 84.0 Å². The van der Waals surface area contributed by atoms with Crippen LogP contribution in [0.2, 0.25) is 0 Å². The van der Waals surface area contributed by atoms with Crippen molar-refractivity contribution in [3.63, 3.8) is 0 Å². The average molecular weight is 344 g/mol. The minimum absolute atomic E-state index is 0.0858. The van der Waals surface area contributed by atoms with Gasteiger partial charge in [-0.2, -0.15) is 5.10 Å². The van der Waals surface area contributed by atoms with E-state index in [0.717, 1.165) is 16.3 Å². The van der Waals surface area contributed by atoms with E-state index >= 15 is 0 Å². The highest BCUT2D eigenvalue weighted by Crippen LogP contribution is 2.20. The van der Waals surface area contributed by atoms with Gasteiger partial charge in [0.1, 0.15) is 5.75 Å². The van der Waals surface area contributed by atoms with Crippen molar-refractivity contribution in [2.75, 3.05) is 6.61 Å². The Hall–Kier alpha value is -3.40. The first-order valence-electron chi connectivity index (χ1n) is 8.38. The van der Waals surface area contributed by atoms with Crippen molar-refractivity contribution in [3.05, 3.63) is 84.4 Å². The Bertz CT molecular complexity index is 947. The predicted octanol–water partition coefficient (Wildman–Crippen LogP) is 4.42. The Morgan fingerprint density at radius 2 is 1.73 bits per heavy atom. The Balaban J connectivity index is 1.50. The van der Waals surface area contributed by atoms with E-state index in [1.54, 1.807) is 0 Å². The molecular formula is C22H20N2O2. The molecule has 3 aromatic rings. The van der Waals surface area contributed by atoms with Gasteiger partial charge >= 0.3 is 0 Å². The van der Waals surface area contributed by atoms with Gasteiger partial charge < -0.3 is 4.74 Å². The summed E-state index contributed by atoms with van der Waals surface area (Å²) < 4.78 is 5.54. The molecule has 0 spiro atoms. The molecule has 0 saturated carbocycles. The zero-order valence-corrected chi connectivity index (χ0v) is 14.6. The van der Waals surface area contributed by atoms with Crippen molar-refractivity contribution >= 4 is 28.5 Å². The summed E-state index contributed by atoms with van der Waals surface area (Å²) in [5, 5.41) is 6.26. The van der Waals surface area contributed by atoms with Crippen molar-refractivity contribution in [1.29, 1.82) is 0 Å². The molecule has 26 heavy (non-hydrogen) atoms. The molecule has 0 atom stereocenters. The number of hydrazone groups is 1. The lowest BCUT2D eigenvalue weighted by Gasteiger charge is -2.06. The number of allylic oxidation sites excluding steroid dienone is 1. The van der Waals surface area contributed by atoms with E-state index in [1.165, 1.54) is 0 Å². The molecule has 0 radical (unpaired) electrons. The van der Waals surface area contributed by atoms with E-state index in [0.29, 0.717) is 11.5 Å². The first-order chi connectivity index (χ1) is 12.7. The van der Waals surface area contributed by atoms with Gasteiger partial charge in [0.15, 0.2) is 6.61 Å². The number of rotatable bonds is 6. The molecule has 0 aliphatic carbocycles. The molecule has 0 fully saturated rings. The van der Waals surface area contributed by atoms with Gasteiger partial charge in [0.2, 0.25) is 0 Å². The molecule has 4 nitrogen and oxygen atoms in total. The Labute approximate surface area is 152 Å². The largest absolute Gasteiger partial charge is 0.484 e. The van der Waals surface area contributed by atoms with Gasteiger partial charge in [-0.25, -0.2) is 5.43 Å². The third-order valence-corrected chi connectivity index (χ3v) is 3.76. The molecule has 130 valence electrons. The SMILES string of the molecule is CC(/C=C/c1ccccc1)=NNC(=O)COc1ccc2ccccc2c1. The summed E-state index contributed by atoms with van der Waals surface area (Å²) in [6.07, 6.45) is 3.79. The van der Waals surface area contributed by atoms with Gasteiger partial charge in [0, 0.05) is 0 Å². The molecule has 0 unspecified atom stereocenters. The van der Waals surface area contributed by atoms with Crippen LogP contribution < -0.4 is 10.2 Å². The van der Waals surface area contributed by atoms with Gasteiger partial charge in [0.25, 0.3) is 5.91 Å². The third kappa shape index (κ3) is 5.05. The Kier molecular flexibility index (Phi) is 5.78. The van der Waals surface area contributed by atoms with E-state index < -0.39 is 0 Å². The van der Waals surface area contributed by atoms with Crippen molar-refractivity contribution in [1.82, 2.24) is 5.43 Å². The molecule has 4 heteroatoms. The van der Waals surface area contributed by atoms with Crippen LogP contribution in [-0.2, 0) is 4.79 Å². The number of hydrogen-bond acceptors (Lipinski definition) is 3. The third-order valence-electron chi connectivity index (χ3n) is 3.76. The van der Waals surface area contributed by atoms with Gasteiger partial charge in [-0.1, -0.05) is 66.7 Å². The Morgan fingerprint density at radius 1 is 1.00 bits per heavy atom. The quantitative estimate of drug-likeness (QED) is 0.531. The van der Waals surface area contributed by atoms with Crippen molar-refractivity contribution in [2.24, 2.45) is 5.10 Å². The van der Waals surface area contributed by atoms with Gasteiger partial charge in [-0.3, -0.25) is 4.79 Å². The number of fused-ring (bicyclic) bond motifs is 1. The highest BCUT2D eigenvalue weighted by atomic mass is 16.5. The fourth-order valence-electron chi connectivity index (χ4n) is 2.41. The van der Waals surface area contributed by atoms with Crippen molar-refractivity contribution in [3.8, 4) is 5.75 Å². The highest BCUT2D eigenvalue weighted by Gasteiger charge is 2.02. The molecule has 0 heterocycles. The zero-order valence-electron chi connectivity index (χ0n) is 14.6. The maximum absolute atomic E-state index is 11.9. The number of amides is 1. The molecular weight excluding hydrogens is 324 g/mol. The van der Waals surface area contributed by atoms with Crippen molar-refractivity contribution in [2.45, 2.75) is 6.92 Å². The molecule has 0 bridgehead atoms. The van der Waals surface area contributed by atoms with Crippen LogP contribution in [0.25, 0.3) is 16.8 Å². The monoisotopic (exact) mass is 344 g/mol. The second kappa shape index (κ2) is 8.62. The standard InChI is InChI=1S/C22H20N2O2/c1-17(11-12-18-7-3-2-4-8-18)23-24-22(25)16-26-21-14-13-19-9-5-6-10-20(19)15-21/h2-15H,16H2,1H3,(H,24,25)/b12-11+,23-17?. The fourth-order valence-corrected chi connectivity index (χ4v) is 2.41. The van der Waals surface area contributed by atoms with Gasteiger partial charge in [0.05, 0.1) is 5.71 Å². The molecule has 1 N–H and O–H groups in total. The van der Waals surface area contributed by atoms with E-state index in [-0.39, 0.29) is 12.5 Å². The normalized spacial score (nSPS) is 11.7. The lowest BCUT2D eigenvalue weighted by atomic mass is 10.1. The van der Waals surface area contributed by atoms with Gasteiger partial charge in [-0.05, 0) is 41.5 Å². The summed E-state index contributed by atoms with van der Waals surface area (Å²) in [6, 6.07) is 23.7. The van der Waals surface area contributed by atoms with Crippen LogP contribution in [0.3, 0.4) is 0 Å². The second-order valence-corrected chi connectivity index (χ2v) is 5.83. The summed E-state index contributed by atoms with van der Waals surface area (Å²) >= 11 is 0. The van der Waals surface area contributed by atoms with Crippen LogP contribution in [0.4, 0.5) is 0 Å². The predicted molar refractivity (Wildman–Crippen MR) is 106 cm³/mol. The van der Waals surface area contributed by atoms with E-state index in [9.17, 15) is 4.79 Å². The van der Waals surface area contributed by atoms with E-state index in [2.05, 4.69) is 10.5 Å². The Morgan fingerprint density at radius 3 is 2.54 bits per heavy atom. The average Bonchev–Trinajstić information content (AvgIpc) is 2.69. The maximum atomic E-state index is 11.9. The minimum atomic E-state index is -0.300. The van der Waals surface area contributed by atoms with Crippen LogP contribution in [0.5, 0.6) is 5.75 Å². The van der Waals surface area contributed by atoms with Crippen LogP contribution >= 0.6 is 0 Å². The molecule has 0 aliphatic rings. The second-order valence-electron chi connectivity index (χ2n) is 5.83. The number of carbonyl (C=O) groups excluding carboxylic acids is 1. The summed E-state index contributed by atoms with van der Waals surface area (Å²) in [5.41, 5.74) is 4.28. The first kappa shape index (κ1) is 17.4. The smallest absolute Gasteiger partial charge is 0.277 e. The number of ether oxygens (including phenoxy) is 1. The molecule has 1 amide bonds. The fraction of sp³-hybridized carbons (Fsp3) is 0.0909. The topological polar surface area (TPSA) is 50.7 Å². The van der Waals surface area contributed by atoms with Crippen LogP contribution in [0, 0.1) is 0 Å². The summed E-state index contributed by atoms with van der Waals surface area (Å²) in [4.78, 5) is 11.9. The number of hydrogen-bond donors (Lipinski definition) is 1. The van der Waals surface area contributed by atoms with Gasteiger partial charge in [-0.15, -0.1) is 0 Å². The zero-order chi connectivity index (χ0) is 18.2. The molecule has 0 aromatic heterocycles. The van der Waals surface area contributed by atoms with Crippen molar-refractivity contribution < 1.29 is 9.53 Å². The number of nitrogens with one attached hydrogen (secondary N) is 1. The lowest BCUT2D eigenvalue weighted by molar-refractivity contribution is -0.123. The lowest BCUT2D eigenvalue weighted by Crippen LogP contribution is -2.25. The molecule has 0 saturated heterocycles. The summed E-state index contributed by atoms with van der Waals surface area (Å²) in [6.45, 7) is 1.74. The summed E-state index contributed by atoms with van der Waals surface area (Å²) in [7, 11) is 0. The van der Waals surface area contributed by atoms with E-state index in [4.69, 9.17) is 4.74 Å².